The van der Waals surface area contributed by atoms with E-state index >= 15 is 0 Å². The van der Waals surface area contributed by atoms with Crippen LogP contribution in [-0.4, -0.2) is 37.4 Å². The summed E-state index contributed by atoms with van der Waals surface area (Å²) in [6, 6.07) is 6.38. The van der Waals surface area contributed by atoms with Crippen molar-refractivity contribution in [3.63, 3.8) is 0 Å². The zero-order valence-electron chi connectivity index (χ0n) is 11.2. The Hall–Kier alpha value is -1.40. The average Bonchev–Trinajstić information content (AvgIpc) is 2.37. The fourth-order valence-corrected chi connectivity index (χ4v) is 2.96. The zero-order valence-corrected chi connectivity index (χ0v) is 12.0. The lowest BCUT2D eigenvalue weighted by molar-refractivity contribution is -0.136. The minimum Gasteiger partial charge on any atom is -0.481 e. The lowest BCUT2D eigenvalue weighted by Gasteiger charge is -2.16. The first-order valence-electron chi connectivity index (χ1n) is 6.15. The van der Waals surface area contributed by atoms with Gasteiger partial charge in [0.15, 0.2) is 0 Å². The Bertz CT molecular complexity index is 522. The van der Waals surface area contributed by atoms with E-state index < -0.39 is 16.0 Å². The van der Waals surface area contributed by atoms with Gasteiger partial charge in [0.05, 0.1) is 4.90 Å². The molecule has 6 heteroatoms. The van der Waals surface area contributed by atoms with Gasteiger partial charge in [-0.3, -0.25) is 4.79 Å². The van der Waals surface area contributed by atoms with Crippen LogP contribution in [0.1, 0.15) is 25.3 Å². The molecule has 106 valence electrons. The van der Waals surface area contributed by atoms with Gasteiger partial charge in [-0.15, -0.1) is 0 Å². The monoisotopic (exact) mass is 285 g/mol. The predicted octanol–water partition coefficient (Wildman–Crippen LogP) is 1.73. The molecule has 0 bridgehead atoms. The second kappa shape index (κ2) is 6.68. The summed E-state index contributed by atoms with van der Waals surface area (Å²) in [5.74, 6) is -0.862. The Morgan fingerprint density at radius 1 is 1.26 bits per heavy atom. The maximum Gasteiger partial charge on any atom is 0.303 e. The molecule has 0 saturated carbocycles. The van der Waals surface area contributed by atoms with Crippen molar-refractivity contribution in [3.05, 3.63) is 29.8 Å². The van der Waals surface area contributed by atoms with Gasteiger partial charge in [-0.1, -0.05) is 19.1 Å². The summed E-state index contributed by atoms with van der Waals surface area (Å²) in [6.07, 6.45) is 1.20. The van der Waals surface area contributed by atoms with Gasteiger partial charge in [0.25, 0.3) is 0 Å². The molecule has 0 fully saturated rings. The first-order valence-corrected chi connectivity index (χ1v) is 7.59. The van der Waals surface area contributed by atoms with Crippen LogP contribution in [0.5, 0.6) is 0 Å². The normalized spacial score (nSPS) is 11.7. The van der Waals surface area contributed by atoms with E-state index in [0.717, 1.165) is 12.0 Å². The van der Waals surface area contributed by atoms with E-state index in [2.05, 4.69) is 0 Å². The van der Waals surface area contributed by atoms with Crippen molar-refractivity contribution in [2.75, 3.05) is 13.6 Å². The number of carboxylic acids is 1. The minimum absolute atomic E-state index is 0.0435. The molecular weight excluding hydrogens is 266 g/mol. The summed E-state index contributed by atoms with van der Waals surface area (Å²) in [6.45, 7) is 2.39. The van der Waals surface area contributed by atoms with E-state index in [-0.39, 0.29) is 11.3 Å². The molecule has 0 atom stereocenters. The number of nitrogens with zero attached hydrogens (tertiary/aromatic N) is 1. The van der Waals surface area contributed by atoms with Crippen LogP contribution in [0.25, 0.3) is 0 Å². The zero-order chi connectivity index (χ0) is 14.5. The van der Waals surface area contributed by atoms with Crippen molar-refractivity contribution < 1.29 is 18.3 Å². The van der Waals surface area contributed by atoms with Crippen LogP contribution in [0.2, 0.25) is 0 Å². The van der Waals surface area contributed by atoms with Crippen LogP contribution in [0.15, 0.2) is 29.2 Å². The van der Waals surface area contributed by atoms with Crippen molar-refractivity contribution in [3.8, 4) is 0 Å². The van der Waals surface area contributed by atoms with Gasteiger partial charge in [0.1, 0.15) is 0 Å². The number of hydrogen-bond acceptors (Lipinski definition) is 3. The number of carbonyl (C=O) groups is 1. The number of aliphatic carboxylic acids is 1. The van der Waals surface area contributed by atoms with Crippen molar-refractivity contribution in [1.82, 2.24) is 4.31 Å². The molecule has 0 heterocycles. The van der Waals surface area contributed by atoms with E-state index in [1.165, 1.54) is 16.4 Å². The largest absolute Gasteiger partial charge is 0.481 e. The molecule has 5 nitrogen and oxygen atoms in total. The third kappa shape index (κ3) is 4.33. The fourth-order valence-electron chi connectivity index (χ4n) is 1.69. The van der Waals surface area contributed by atoms with Crippen LogP contribution >= 0.6 is 0 Å². The first kappa shape index (κ1) is 15.7. The van der Waals surface area contributed by atoms with E-state index in [9.17, 15) is 13.2 Å². The summed E-state index contributed by atoms with van der Waals surface area (Å²) in [4.78, 5) is 10.7. The van der Waals surface area contributed by atoms with Gasteiger partial charge in [0.2, 0.25) is 10.0 Å². The van der Waals surface area contributed by atoms with Crippen LogP contribution < -0.4 is 0 Å². The minimum atomic E-state index is -3.43. The molecule has 0 unspecified atom stereocenters. The summed E-state index contributed by atoms with van der Waals surface area (Å²) in [7, 11) is -1.88. The number of aryl methyl sites for hydroxylation is 1. The topological polar surface area (TPSA) is 74.7 Å². The summed E-state index contributed by atoms with van der Waals surface area (Å²) in [5, 5.41) is 8.59. The highest BCUT2D eigenvalue weighted by Crippen LogP contribution is 2.16. The molecule has 0 saturated heterocycles. The smallest absolute Gasteiger partial charge is 0.303 e. The molecular formula is C13H19NO4S. The molecule has 0 aliphatic rings. The highest BCUT2D eigenvalue weighted by molar-refractivity contribution is 7.89. The lowest BCUT2D eigenvalue weighted by Crippen LogP contribution is -2.27. The van der Waals surface area contributed by atoms with Crippen molar-refractivity contribution in [2.45, 2.75) is 31.1 Å². The van der Waals surface area contributed by atoms with Gasteiger partial charge in [0, 0.05) is 20.0 Å². The average molecular weight is 285 g/mol. The van der Waals surface area contributed by atoms with Crippen molar-refractivity contribution in [1.29, 1.82) is 0 Å². The summed E-state index contributed by atoms with van der Waals surface area (Å²) < 4.78 is 25.6. The molecule has 0 aromatic heterocycles. The maximum absolute atomic E-state index is 12.1. The fraction of sp³-hybridized carbons (Fsp3) is 0.462. The molecule has 0 aliphatic heterocycles. The Kier molecular flexibility index (Phi) is 5.50. The molecule has 0 amide bonds. The number of rotatable bonds is 7. The molecule has 0 spiro atoms. The molecule has 1 aromatic carbocycles. The quantitative estimate of drug-likeness (QED) is 0.828. The number of sulfonamides is 1. The van der Waals surface area contributed by atoms with E-state index in [1.807, 2.05) is 6.92 Å². The predicted molar refractivity (Wildman–Crippen MR) is 72.5 cm³/mol. The Labute approximate surface area is 113 Å². The SMILES string of the molecule is CCCN(C)S(=O)(=O)c1ccc(CCC(=O)O)cc1. The van der Waals surface area contributed by atoms with Gasteiger partial charge in [-0.2, -0.15) is 0 Å². The van der Waals surface area contributed by atoms with Crippen LogP contribution in [0.4, 0.5) is 0 Å². The van der Waals surface area contributed by atoms with Crippen molar-refractivity contribution in [2.24, 2.45) is 0 Å². The Morgan fingerprint density at radius 2 is 1.84 bits per heavy atom. The third-order valence-electron chi connectivity index (χ3n) is 2.80. The van der Waals surface area contributed by atoms with Gasteiger partial charge in [-0.25, -0.2) is 12.7 Å². The number of carboxylic acid groups (broad SMARTS) is 1. The highest BCUT2D eigenvalue weighted by Gasteiger charge is 2.19. The molecule has 19 heavy (non-hydrogen) atoms. The van der Waals surface area contributed by atoms with E-state index in [4.69, 9.17) is 5.11 Å². The molecule has 1 N–H and O–H groups in total. The van der Waals surface area contributed by atoms with Gasteiger partial charge < -0.3 is 5.11 Å². The molecule has 0 radical (unpaired) electrons. The van der Waals surface area contributed by atoms with Gasteiger partial charge in [-0.05, 0) is 30.5 Å². The summed E-state index contributed by atoms with van der Waals surface area (Å²) in [5.41, 5.74) is 0.819. The van der Waals surface area contributed by atoms with Crippen LogP contribution in [0.3, 0.4) is 0 Å². The highest BCUT2D eigenvalue weighted by atomic mass is 32.2. The second-order valence-corrected chi connectivity index (χ2v) is 6.41. The molecule has 1 rings (SSSR count). The summed E-state index contributed by atoms with van der Waals surface area (Å²) >= 11 is 0. The van der Waals surface area contributed by atoms with Crippen LogP contribution in [-0.2, 0) is 21.2 Å². The standard InChI is InChI=1S/C13H19NO4S/c1-3-10-14(2)19(17,18)12-7-4-11(5-8-12)6-9-13(15)16/h4-5,7-8H,3,6,9-10H2,1-2H3,(H,15,16). The Morgan fingerprint density at radius 3 is 2.32 bits per heavy atom. The van der Waals surface area contributed by atoms with Crippen molar-refractivity contribution >= 4 is 16.0 Å². The Balaban J connectivity index is 2.83. The van der Waals surface area contributed by atoms with Crippen LogP contribution in [0, 0.1) is 0 Å². The molecule has 1 aromatic rings. The number of hydrogen-bond donors (Lipinski definition) is 1. The second-order valence-electron chi connectivity index (χ2n) is 4.36. The first-order chi connectivity index (χ1) is 8.87. The lowest BCUT2D eigenvalue weighted by atomic mass is 10.1. The maximum atomic E-state index is 12.1. The van der Waals surface area contributed by atoms with E-state index in [1.54, 1.807) is 19.2 Å². The van der Waals surface area contributed by atoms with Gasteiger partial charge >= 0.3 is 5.97 Å². The van der Waals surface area contributed by atoms with E-state index in [0.29, 0.717) is 13.0 Å². The molecule has 0 aliphatic carbocycles. The third-order valence-corrected chi connectivity index (χ3v) is 4.67. The number of benzene rings is 1.